The molecule has 5 nitrogen and oxygen atoms in total. The topological polar surface area (TPSA) is 77.8 Å². The van der Waals surface area contributed by atoms with E-state index >= 15 is 0 Å². The molecule has 0 aromatic rings. The number of carbonyl (C=O) groups is 2. The first kappa shape index (κ1) is 13.3. The third-order valence-electron chi connectivity index (χ3n) is 4.37. The Labute approximate surface area is 107 Å². The molecular weight excluding hydrogens is 234 g/mol. The third-order valence-corrected chi connectivity index (χ3v) is 4.37. The normalized spacial score (nSPS) is 34.2. The van der Waals surface area contributed by atoms with Crippen LogP contribution in [-0.2, 0) is 9.59 Å². The van der Waals surface area contributed by atoms with Crippen LogP contribution in [-0.4, -0.2) is 45.7 Å². The number of carboxylic acid groups (broad SMARTS) is 1. The van der Waals surface area contributed by atoms with E-state index in [2.05, 4.69) is 0 Å². The molecule has 102 valence electrons. The Kier molecular flexibility index (Phi) is 3.36. The zero-order chi connectivity index (χ0) is 13.5. The molecule has 1 aliphatic heterocycles. The Morgan fingerprint density at radius 3 is 2.33 bits per heavy atom. The monoisotopic (exact) mass is 255 g/mol. The molecule has 2 rings (SSSR count). The lowest BCUT2D eigenvalue weighted by atomic mass is 9.87. The van der Waals surface area contributed by atoms with Gasteiger partial charge in [-0.15, -0.1) is 0 Å². The Balaban J connectivity index is 1.99. The summed E-state index contributed by atoms with van der Waals surface area (Å²) in [6.07, 6.45) is 1.86. The van der Waals surface area contributed by atoms with Crippen molar-refractivity contribution >= 4 is 11.9 Å². The first-order valence-electron chi connectivity index (χ1n) is 6.60. The van der Waals surface area contributed by atoms with Gasteiger partial charge in [0, 0.05) is 0 Å². The van der Waals surface area contributed by atoms with E-state index in [0.29, 0.717) is 32.4 Å². The van der Waals surface area contributed by atoms with Gasteiger partial charge in [0.1, 0.15) is 0 Å². The summed E-state index contributed by atoms with van der Waals surface area (Å²) in [6.45, 7) is 4.57. The van der Waals surface area contributed by atoms with E-state index in [1.54, 1.807) is 4.90 Å². The molecule has 1 aliphatic carbocycles. The number of β-amino-alcohol motifs (C(OH)–C–C–N with tert-alkyl or cyclic N) is 1. The molecule has 1 amide bonds. The second kappa shape index (κ2) is 4.53. The number of likely N-dealkylation sites (tertiary alicyclic amines) is 1. The Morgan fingerprint density at radius 2 is 1.83 bits per heavy atom. The van der Waals surface area contributed by atoms with E-state index in [0.717, 1.165) is 0 Å². The molecular formula is C13H21NO4. The van der Waals surface area contributed by atoms with Crippen molar-refractivity contribution in [2.24, 2.45) is 17.8 Å². The zero-order valence-corrected chi connectivity index (χ0v) is 10.9. The third kappa shape index (κ3) is 2.23. The maximum absolute atomic E-state index is 12.2. The SMILES string of the molecule is CCC1(O)CN(C(=O)[C@H]2CC(C)C[C@H]2C(=O)O)C1. The minimum absolute atomic E-state index is 0.0927. The highest BCUT2D eigenvalue weighted by Crippen LogP contribution is 2.39. The molecule has 1 unspecified atom stereocenters. The minimum atomic E-state index is -0.871. The summed E-state index contributed by atoms with van der Waals surface area (Å²) >= 11 is 0. The Hall–Kier alpha value is -1.10. The number of carbonyl (C=O) groups excluding carboxylic acids is 1. The Morgan fingerprint density at radius 1 is 1.28 bits per heavy atom. The molecule has 1 saturated heterocycles. The van der Waals surface area contributed by atoms with E-state index in [4.69, 9.17) is 5.11 Å². The first-order chi connectivity index (χ1) is 8.36. The highest BCUT2D eigenvalue weighted by molar-refractivity contribution is 5.86. The smallest absolute Gasteiger partial charge is 0.307 e. The summed E-state index contributed by atoms with van der Waals surface area (Å²) in [5.41, 5.74) is -0.751. The van der Waals surface area contributed by atoms with Crippen LogP contribution >= 0.6 is 0 Å². The first-order valence-corrected chi connectivity index (χ1v) is 6.60. The van der Waals surface area contributed by atoms with Crippen LogP contribution in [0.1, 0.15) is 33.1 Å². The van der Waals surface area contributed by atoms with E-state index in [1.807, 2.05) is 13.8 Å². The minimum Gasteiger partial charge on any atom is -0.481 e. The van der Waals surface area contributed by atoms with Crippen molar-refractivity contribution in [3.63, 3.8) is 0 Å². The fourth-order valence-electron chi connectivity index (χ4n) is 3.12. The van der Waals surface area contributed by atoms with E-state index < -0.39 is 23.4 Å². The van der Waals surface area contributed by atoms with Gasteiger partial charge >= 0.3 is 5.97 Å². The largest absolute Gasteiger partial charge is 0.481 e. The van der Waals surface area contributed by atoms with Crippen molar-refractivity contribution in [3.8, 4) is 0 Å². The van der Waals surface area contributed by atoms with Gasteiger partial charge in [0.05, 0.1) is 30.5 Å². The summed E-state index contributed by atoms with van der Waals surface area (Å²) in [4.78, 5) is 25.0. The highest BCUT2D eigenvalue weighted by Gasteiger charge is 2.48. The predicted molar refractivity (Wildman–Crippen MR) is 64.8 cm³/mol. The fourth-order valence-corrected chi connectivity index (χ4v) is 3.12. The summed E-state index contributed by atoms with van der Waals surface area (Å²) in [6, 6.07) is 0. The van der Waals surface area contributed by atoms with Crippen LogP contribution in [0, 0.1) is 17.8 Å². The lowest BCUT2D eigenvalue weighted by Gasteiger charge is -2.47. The second-order valence-electron chi connectivity index (χ2n) is 5.90. The van der Waals surface area contributed by atoms with E-state index in [-0.39, 0.29) is 11.8 Å². The molecule has 0 bridgehead atoms. The zero-order valence-electron chi connectivity index (χ0n) is 10.9. The molecule has 0 radical (unpaired) electrons. The van der Waals surface area contributed by atoms with Crippen molar-refractivity contribution in [1.29, 1.82) is 0 Å². The molecule has 18 heavy (non-hydrogen) atoms. The van der Waals surface area contributed by atoms with Gasteiger partial charge in [-0.25, -0.2) is 0 Å². The molecule has 0 spiro atoms. The predicted octanol–water partition coefficient (Wildman–Crippen LogP) is 0.717. The molecule has 5 heteroatoms. The van der Waals surface area contributed by atoms with Crippen molar-refractivity contribution in [2.45, 2.75) is 38.7 Å². The number of amides is 1. The van der Waals surface area contributed by atoms with Gasteiger partial charge in [-0.2, -0.15) is 0 Å². The van der Waals surface area contributed by atoms with Gasteiger partial charge in [0.2, 0.25) is 5.91 Å². The standard InChI is InChI=1S/C13H21NO4/c1-3-13(18)6-14(7-13)11(15)9-4-8(2)5-10(9)12(16)17/h8-10,18H,3-7H2,1-2H3,(H,16,17)/t8?,9-,10+/m0/s1. The number of hydrogen-bond donors (Lipinski definition) is 2. The number of aliphatic hydroxyl groups is 1. The van der Waals surface area contributed by atoms with Crippen LogP contribution < -0.4 is 0 Å². The summed E-state index contributed by atoms with van der Waals surface area (Å²) in [5, 5.41) is 19.0. The molecule has 2 fully saturated rings. The van der Waals surface area contributed by atoms with Crippen LogP contribution in [0.5, 0.6) is 0 Å². The van der Waals surface area contributed by atoms with Crippen LogP contribution in [0.15, 0.2) is 0 Å². The molecule has 0 aromatic heterocycles. The molecule has 2 aliphatic rings. The van der Waals surface area contributed by atoms with Gasteiger partial charge in [0.25, 0.3) is 0 Å². The van der Waals surface area contributed by atoms with Gasteiger partial charge in [-0.05, 0) is 25.2 Å². The maximum Gasteiger partial charge on any atom is 0.307 e. The second-order valence-corrected chi connectivity index (χ2v) is 5.90. The fraction of sp³-hybridized carbons (Fsp3) is 0.846. The highest BCUT2D eigenvalue weighted by atomic mass is 16.4. The molecule has 3 atom stereocenters. The average molecular weight is 255 g/mol. The van der Waals surface area contributed by atoms with Crippen molar-refractivity contribution < 1.29 is 19.8 Å². The van der Waals surface area contributed by atoms with E-state index in [1.165, 1.54) is 0 Å². The summed E-state index contributed by atoms with van der Waals surface area (Å²) in [7, 11) is 0. The van der Waals surface area contributed by atoms with E-state index in [9.17, 15) is 14.7 Å². The van der Waals surface area contributed by atoms with Crippen LogP contribution in [0.2, 0.25) is 0 Å². The lowest BCUT2D eigenvalue weighted by Crippen LogP contribution is -2.64. The Bertz CT molecular complexity index is 362. The number of aliphatic carboxylic acids is 1. The van der Waals surface area contributed by atoms with Gasteiger partial charge in [-0.1, -0.05) is 13.8 Å². The summed E-state index contributed by atoms with van der Waals surface area (Å²) in [5.74, 6) is -1.64. The van der Waals surface area contributed by atoms with Gasteiger partial charge in [0.15, 0.2) is 0 Å². The molecule has 1 heterocycles. The molecule has 2 N–H and O–H groups in total. The molecule has 1 saturated carbocycles. The number of carboxylic acids is 1. The van der Waals surface area contributed by atoms with Crippen LogP contribution in [0.4, 0.5) is 0 Å². The number of nitrogens with zero attached hydrogens (tertiary/aromatic N) is 1. The van der Waals surface area contributed by atoms with Crippen molar-refractivity contribution in [3.05, 3.63) is 0 Å². The number of rotatable bonds is 3. The van der Waals surface area contributed by atoms with Gasteiger partial charge < -0.3 is 15.1 Å². The molecule has 0 aromatic carbocycles. The summed E-state index contributed by atoms with van der Waals surface area (Å²) < 4.78 is 0. The lowest BCUT2D eigenvalue weighted by molar-refractivity contribution is -0.164. The number of hydrogen-bond acceptors (Lipinski definition) is 3. The van der Waals surface area contributed by atoms with Crippen molar-refractivity contribution in [2.75, 3.05) is 13.1 Å². The van der Waals surface area contributed by atoms with Crippen molar-refractivity contribution in [1.82, 2.24) is 4.90 Å². The van der Waals surface area contributed by atoms with Gasteiger partial charge in [-0.3, -0.25) is 9.59 Å². The quantitative estimate of drug-likeness (QED) is 0.779. The maximum atomic E-state index is 12.2. The van der Waals surface area contributed by atoms with Crippen LogP contribution in [0.25, 0.3) is 0 Å². The van der Waals surface area contributed by atoms with Crippen LogP contribution in [0.3, 0.4) is 0 Å². The average Bonchev–Trinajstić information content (AvgIpc) is 2.66.